The van der Waals surface area contributed by atoms with Gasteiger partial charge in [-0.1, -0.05) is 29.8 Å². The molecule has 0 aromatic heterocycles. The predicted molar refractivity (Wildman–Crippen MR) is 67.7 cm³/mol. The minimum atomic E-state index is 0.00130. The van der Waals surface area contributed by atoms with E-state index in [0.29, 0.717) is 12.5 Å². The Morgan fingerprint density at radius 3 is 2.71 bits per heavy atom. The molecule has 2 rings (SSSR count). The topological polar surface area (TPSA) is 26.3 Å². The molecular formula is C15H20O2. The van der Waals surface area contributed by atoms with E-state index >= 15 is 0 Å². The molecule has 0 saturated heterocycles. The van der Waals surface area contributed by atoms with Crippen LogP contribution in [0.3, 0.4) is 0 Å². The molecule has 2 nitrogen and oxygen atoms in total. The van der Waals surface area contributed by atoms with E-state index in [-0.39, 0.29) is 11.9 Å². The van der Waals surface area contributed by atoms with Crippen molar-refractivity contribution in [3.63, 3.8) is 0 Å². The fourth-order valence-electron chi connectivity index (χ4n) is 2.21. The smallest absolute Gasteiger partial charge is 0.309 e. The van der Waals surface area contributed by atoms with E-state index in [1.807, 2.05) is 6.92 Å². The van der Waals surface area contributed by atoms with E-state index in [1.165, 1.54) is 11.1 Å². The zero-order valence-corrected chi connectivity index (χ0v) is 10.6. The third-order valence-electron chi connectivity index (χ3n) is 3.44. The van der Waals surface area contributed by atoms with E-state index in [4.69, 9.17) is 4.74 Å². The van der Waals surface area contributed by atoms with Crippen LogP contribution >= 0.6 is 0 Å². The molecular weight excluding hydrogens is 212 g/mol. The molecule has 2 atom stereocenters. The number of rotatable bonds is 5. The van der Waals surface area contributed by atoms with Gasteiger partial charge in [0.15, 0.2) is 0 Å². The van der Waals surface area contributed by atoms with Crippen LogP contribution in [0.25, 0.3) is 0 Å². The van der Waals surface area contributed by atoms with Crippen molar-refractivity contribution in [2.45, 2.75) is 33.1 Å². The van der Waals surface area contributed by atoms with Crippen molar-refractivity contribution >= 4 is 5.97 Å². The zero-order valence-electron chi connectivity index (χ0n) is 10.6. The van der Waals surface area contributed by atoms with E-state index in [9.17, 15) is 4.79 Å². The second kappa shape index (κ2) is 5.35. The summed E-state index contributed by atoms with van der Waals surface area (Å²) in [5.41, 5.74) is 2.66. The Morgan fingerprint density at radius 2 is 2.06 bits per heavy atom. The van der Waals surface area contributed by atoms with Gasteiger partial charge >= 0.3 is 5.97 Å². The van der Waals surface area contributed by atoms with E-state index in [0.717, 1.165) is 19.3 Å². The van der Waals surface area contributed by atoms with Gasteiger partial charge in [-0.15, -0.1) is 0 Å². The first-order valence-electron chi connectivity index (χ1n) is 6.43. The van der Waals surface area contributed by atoms with Crippen LogP contribution in [0, 0.1) is 18.8 Å². The number of hydrogen-bond acceptors (Lipinski definition) is 2. The van der Waals surface area contributed by atoms with Crippen molar-refractivity contribution in [1.82, 2.24) is 0 Å². The van der Waals surface area contributed by atoms with Gasteiger partial charge < -0.3 is 4.74 Å². The fourth-order valence-corrected chi connectivity index (χ4v) is 2.21. The molecule has 0 spiro atoms. The van der Waals surface area contributed by atoms with Crippen LogP contribution in [0.1, 0.15) is 30.9 Å². The quantitative estimate of drug-likeness (QED) is 0.729. The van der Waals surface area contributed by atoms with Crippen molar-refractivity contribution in [1.29, 1.82) is 0 Å². The summed E-state index contributed by atoms with van der Waals surface area (Å²) in [5, 5.41) is 0. The fraction of sp³-hybridized carbons (Fsp3) is 0.533. The van der Waals surface area contributed by atoms with Crippen LogP contribution < -0.4 is 0 Å². The van der Waals surface area contributed by atoms with Gasteiger partial charge in [-0.3, -0.25) is 4.79 Å². The Hall–Kier alpha value is -1.31. The highest BCUT2D eigenvalue weighted by atomic mass is 16.5. The van der Waals surface area contributed by atoms with Gasteiger partial charge in [-0.25, -0.2) is 0 Å². The van der Waals surface area contributed by atoms with Crippen molar-refractivity contribution in [2.75, 3.05) is 6.61 Å². The summed E-state index contributed by atoms with van der Waals surface area (Å²) >= 11 is 0. The predicted octanol–water partition coefficient (Wildman–Crippen LogP) is 3.13. The third-order valence-corrected chi connectivity index (χ3v) is 3.44. The zero-order chi connectivity index (χ0) is 12.3. The van der Waals surface area contributed by atoms with Crippen molar-refractivity contribution < 1.29 is 9.53 Å². The molecule has 0 radical (unpaired) electrons. The molecule has 0 heterocycles. The lowest BCUT2D eigenvalue weighted by Crippen LogP contribution is -2.07. The van der Waals surface area contributed by atoms with Gasteiger partial charge in [0.2, 0.25) is 0 Å². The first kappa shape index (κ1) is 12.2. The highest BCUT2D eigenvalue weighted by Crippen LogP contribution is 2.42. The standard InChI is InChI=1S/C15H20O2/c1-3-17-15(16)14-10-13(14)9-8-12-6-4-11(2)5-7-12/h4-7,13-14H,3,8-10H2,1-2H3. The molecule has 0 N–H and O–H groups in total. The average molecular weight is 232 g/mol. The van der Waals surface area contributed by atoms with Crippen molar-refractivity contribution in [3.05, 3.63) is 35.4 Å². The maximum atomic E-state index is 11.4. The number of ether oxygens (including phenoxy) is 1. The van der Waals surface area contributed by atoms with Gasteiger partial charge in [0.05, 0.1) is 12.5 Å². The Bertz CT molecular complexity index is 380. The summed E-state index contributed by atoms with van der Waals surface area (Å²) in [6.07, 6.45) is 3.19. The monoisotopic (exact) mass is 232 g/mol. The molecule has 0 bridgehead atoms. The molecule has 1 saturated carbocycles. The summed E-state index contributed by atoms with van der Waals surface area (Å²) in [4.78, 5) is 11.4. The molecule has 0 amide bonds. The molecule has 0 aliphatic heterocycles. The number of aryl methyl sites for hydroxylation is 2. The maximum absolute atomic E-state index is 11.4. The summed E-state index contributed by atoms with van der Waals surface area (Å²) in [7, 11) is 0. The Kier molecular flexibility index (Phi) is 3.82. The van der Waals surface area contributed by atoms with Gasteiger partial charge in [0.1, 0.15) is 0 Å². The molecule has 1 aliphatic rings. The van der Waals surface area contributed by atoms with Crippen LogP contribution in [-0.4, -0.2) is 12.6 Å². The molecule has 17 heavy (non-hydrogen) atoms. The van der Waals surface area contributed by atoms with Crippen LogP contribution in [0.4, 0.5) is 0 Å². The van der Waals surface area contributed by atoms with Crippen molar-refractivity contribution in [2.24, 2.45) is 11.8 Å². The Balaban J connectivity index is 1.74. The molecule has 2 heteroatoms. The van der Waals surface area contributed by atoms with E-state index < -0.39 is 0 Å². The molecule has 1 aromatic rings. The Morgan fingerprint density at radius 1 is 1.35 bits per heavy atom. The van der Waals surface area contributed by atoms with Gasteiger partial charge in [0.25, 0.3) is 0 Å². The Labute approximate surface area is 103 Å². The average Bonchev–Trinajstić information content (AvgIpc) is 3.08. The first-order chi connectivity index (χ1) is 8.20. The van der Waals surface area contributed by atoms with Gasteiger partial charge in [-0.05, 0) is 44.6 Å². The second-order valence-corrected chi connectivity index (χ2v) is 4.88. The summed E-state index contributed by atoms with van der Waals surface area (Å²) in [5.74, 6) is 0.733. The summed E-state index contributed by atoms with van der Waals surface area (Å²) in [6.45, 7) is 4.46. The van der Waals surface area contributed by atoms with Crippen LogP contribution in [0.5, 0.6) is 0 Å². The van der Waals surface area contributed by atoms with Crippen LogP contribution in [0.2, 0.25) is 0 Å². The van der Waals surface area contributed by atoms with Crippen LogP contribution in [-0.2, 0) is 16.0 Å². The minimum absolute atomic E-state index is 0.00130. The highest BCUT2D eigenvalue weighted by Gasteiger charge is 2.43. The number of esters is 1. The number of carbonyl (C=O) groups is 1. The lowest BCUT2D eigenvalue weighted by Gasteiger charge is -2.02. The van der Waals surface area contributed by atoms with Gasteiger partial charge in [0, 0.05) is 0 Å². The van der Waals surface area contributed by atoms with Crippen LogP contribution in [0.15, 0.2) is 24.3 Å². The van der Waals surface area contributed by atoms with E-state index in [1.54, 1.807) is 0 Å². The molecule has 1 aliphatic carbocycles. The third kappa shape index (κ3) is 3.32. The highest BCUT2D eigenvalue weighted by molar-refractivity contribution is 5.75. The normalized spacial score (nSPS) is 22.2. The molecule has 2 unspecified atom stereocenters. The SMILES string of the molecule is CCOC(=O)C1CC1CCc1ccc(C)cc1. The molecule has 1 fully saturated rings. The second-order valence-electron chi connectivity index (χ2n) is 4.88. The number of benzene rings is 1. The minimum Gasteiger partial charge on any atom is -0.466 e. The number of carbonyl (C=O) groups excluding carboxylic acids is 1. The lowest BCUT2D eigenvalue weighted by atomic mass is 10.1. The molecule has 92 valence electrons. The molecule has 1 aromatic carbocycles. The number of hydrogen-bond donors (Lipinski definition) is 0. The maximum Gasteiger partial charge on any atom is 0.309 e. The summed E-state index contributed by atoms with van der Waals surface area (Å²) in [6, 6.07) is 8.64. The summed E-state index contributed by atoms with van der Waals surface area (Å²) < 4.78 is 5.02. The first-order valence-corrected chi connectivity index (χ1v) is 6.43. The lowest BCUT2D eigenvalue weighted by molar-refractivity contribution is -0.145. The van der Waals surface area contributed by atoms with Gasteiger partial charge in [-0.2, -0.15) is 0 Å². The largest absolute Gasteiger partial charge is 0.466 e. The van der Waals surface area contributed by atoms with E-state index in [2.05, 4.69) is 31.2 Å². The van der Waals surface area contributed by atoms with Crippen molar-refractivity contribution in [3.8, 4) is 0 Å².